The Kier molecular flexibility index (Phi) is 7.55. The number of hydrogen-bond acceptors (Lipinski definition) is 7. The molecule has 5 rings (SSSR count). The van der Waals surface area contributed by atoms with Gasteiger partial charge in [0, 0.05) is 18.4 Å². The molecule has 0 aromatic rings. The first-order chi connectivity index (χ1) is 16.5. The Labute approximate surface area is 220 Å². The second kappa shape index (κ2) is 9.79. The van der Waals surface area contributed by atoms with Crippen LogP contribution in [0.4, 0.5) is 0 Å². The number of aliphatic hydroxyl groups is 2. The third-order valence-electron chi connectivity index (χ3n) is 10.8. The van der Waals surface area contributed by atoms with Crippen molar-refractivity contribution in [3.8, 4) is 0 Å². The van der Waals surface area contributed by atoms with Crippen molar-refractivity contribution in [2.75, 3.05) is 26.7 Å². The van der Waals surface area contributed by atoms with E-state index in [9.17, 15) is 24.6 Å². The summed E-state index contributed by atoms with van der Waals surface area (Å²) in [6, 6.07) is 0. The summed E-state index contributed by atoms with van der Waals surface area (Å²) in [5, 5.41) is 23.3. The lowest BCUT2D eigenvalue weighted by molar-refractivity contribution is -0.185. The minimum Gasteiger partial charge on any atom is -1.00 e. The van der Waals surface area contributed by atoms with Gasteiger partial charge < -0.3 is 32.3 Å². The second-order valence-electron chi connectivity index (χ2n) is 12.6. The van der Waals surface area contributed by atoms with E-state index in [1.807, 2.05) is 20.0 Å². The lowest BCUT2D eigenvalue weighted by Gasteiger charge is -2.60. The number of carbonyl (C=O) groups excluding carboxylic acids is 3. The number of Topliss-reactive ketones (excluding diaryl/α,β-unsaturated/α-hetero) is 1. The molecular weight excluding hydrogens is 482 g/mol. The van der Waals surface area contributed by atoms with Crippen LogP contribution in [0.25, 0.3) is 0 Å². The summed E-state index contributed by atoms with van der Waals surface area (Å²) < 4.78 is 5.45. The third kappa shape index (κ3) is 4.18. The number of aliphatic hydroxyl groups excluding tert-OH is 1. The quantitative estimate of drug-likeness (QED) is 0.488. The highest BCUT2D eigenvalue weighted by Gasteiger charge is 2.68. The first-order valence-electron chi connectivity index (χ1n) is 13.5. The van der Waals surface area contributed by atoms with Gasteiger partial charge in [-0.2, -0.15) is 0 Å². The Morgan fingerprint density at radius 2 is 1.92 bits per heavy atom. The molecule has 36 heavy (non-hydrogen) atoms. The van der Waals surface area contributed by atoms with Gasteiger partial charge in [-0.3, -0.25) is 14.4 Å². The third-order valence-corrected chi connectivity index (χ3v) is 10.8. The molecule has 4 aliphatic carbocycles. The molecule has 5 aliphatic rings. The Hall–Kier alpha value is -1.28. The monoisotopic (exact) mass is 522 g/mol. The molecule has 4 fully saturated rings. The Balaban J connectivity index is 0.00000304. The van der Waals surface area contributed by atoms with Crippen LogP contribution in [0.5, 0.6) is 0 Å². The van der Waals surface area contributed by atoms with E-state index in [2.05, 4.69) is 11.8 Å². The molecule has 0 spiro atoms. The predicted molar refractivity (Wildman–Crippen MR) is 129 cm³/mol. The summed E-state index contributed by atoms with van der Waals surface area (Å²) in [5.74, 6) is -0.494. The molecule has 8 atom stereocenters. The summed E-state index contributed by atoms with van der Waals surface area (Å²) in [6.45, 7) is 5.33. The molecule has 0 radical (unpaired) electrons. The molecule has 0 aromatic carbocycles. The molecule has 1 saturated heterocycles. The number of esters is 1. The van der Waals surface area contributed by atoms with Crippen LogP contribution < -0.4 is 12.4 Å². The first kappa shape index (κ1) is 27.7. The van der Waals surface area contributed by atoms with E-state index in [1.54, 1.807) is 0 Å². The number of nitrogens with zero attached hydrogens (tertiary/aromatic N) is 1. The summed E-state index contributed by atoms with van der Waals surface area (Å²) in [6.07, 6.45) is 7.24. The highest BCUT2D eigenvalue weighted by Crippen LogP contribution is 2.67. The van der Waals surface area contributed by atoms with Crippen LogP contribution in [0, 0.1) is 34.5 Å². The maximum Gasteiger partial charge on any atom is 0.310 e. The molecule has 1 heterocycles. The number of hydrogen-bond donors (Lipinski definition) is 2. The highest BCUT2D eigenvalue weighted by atomic mass is 35.5. The van der Waals surface area contributed by atoms with E-state index in [-0.39, 0.29) is 53.2 Å². The average molecular weight is 523 g/mol. The molecular formula is C28H41ClNO6-. The summed E-state index contributed by atoms with van der Waals surface area (Å²) in [7, 11) is 1.98. The Morgan fingerprint density at radius 3 is 2.64 bits per heavy atom. The lowest BCUT2D eigenvalue weighted by Crippen LogP contribution is -3.00. The molecule has 8 unspecified atom stereocenters. The van der Waals surface area contributed by atoms with E-state index in [4.69, 9.17) is 4.74 Å². The maximum atomic E-state index is 13.4. The molecule has 0 aromatic heterocycles. The van der Waals surface area contributed by atoms with Gasteiger partial charge in [0.05, 0.1) is 12.0 Å². The number of ether oxygens (including phenoxy) is 1. The number of halogens is 1. The van der Waals surface area contributed by atoms with Crippen molar-refractivity contribution in [2.24, 2.45) is 34.5 Å². The maximum absolute atomic E-state index is 13.4. The fourth-order valence-electron chi connectivity index (χ4n) is 8.88. The number of allylic oxidation sites excluding steroid dienone is 1. The van der Waals surface area contributed by atoms with Crippen LogP contribution in [0.3, 0.4) is 0 Å². The lowest BCUT2D eigenvalue weighted by atomic mass is 9.45. The number of piperidine rings is 1. The van der Waals surface area contributed by atoms with Crippen LogP contribution >= 0.6 is 0 Å². The van der Waals surface area contributed by atoms with Gasteiger partial charge in [0.25, 0.3) is 0 Å². The van der Waals surface area contributed by atoms with Crippen molar-refractivity contribution < 1.29 is 41.7 Å². The topological polar surface area (TPSA) is 104 Å². The van der Waals surface area contributed by atoms with Crippen LogP contribution in [-0.4, -0.2) is 71.1 Å². The van der Waals surface area contributed by atoms with Gasteiger partial charge in [0.1, 0.15) is 5.60 Å². The highest BCUT2D eigenvalue weighted by molar-refractivity contribution is 5.92. The van der Waals surface area contributed by atoms with Crippen LogP contribution in [-0.2, 0) is 19.1 Å². The van der Waals surface area contributed by atoms with Crippen LogP contribution in [0.15, 0.2) is 11.6 Å². The normalized spacial score (nSPS) is 44.4. The number of fused-ring (bicyclic) bond motifs is 5. The zero-order chi connectivity index (χ0) is 25.2. The van der Waals surface area contributed by atoms with Gasteiger partial charge in [-0.15, -0.1) is 0 Å². The van der Waals surface area contributed by atoms with Gasteiger partial charge in [-0.05, 0) is 94.2 Å². The van der Waals surface area contributed by atoms with E-state index in [1.165, 1.54) is 5.57 Å². The standard InChI is InChI=1S/C28H41NO6.ClH/c1-26-10-8-19(30)13-18(26)6-7-20-21-9-11-28(34,27(21,2)14-22(31)24(20)26)23(32)16-35-25(33)17-5-4-12-29(3)15-17;/h13,17,20-22,24,31,34H,4-12,14-16H2,1-3H3;1H/p-1. The summed E-state index contributed by atoms with van der Waals surface area (Å²) >= 11 is 0. The minimum absolute atomic E-state index is 0. The molecule has 2 N–H and O–H groups in total. The summed E-state index contributed by atoms with van der Waals surface area (Å²) in [5.41, 5.74) is -1.40. The fourth-order valence-corrected chi connectivity index (χ4v) is 8.88. The first-order valence-corrected chi connectivity index (χ1v) is 13.5. The molecule has 0 amide bonds. The number of ketones is 2. The van der Waals surface area contributed by atoms with Gasteiger partial charge in [-0.1, -0.05) is 19.4 Å². The van der Waals surface area contributed by atoms with Crippen LogP contribution in [0.2, 0.25) is 0 Å². The van der Waals surface area contributed by atoms with Crippen molar-refractivity contribution in [1.82, 2.24) is 4.90 Å². The second-order valence-corrected chi connectivity index (χ2v) is 12.6. The predicted octanol–water partition coefficient (Wildman–Crippen LogP) is -0.322. The molecule has 7 nitrogen and oxygen atoms in total. The number of carbonyl (C=O) groups is 3. The molecule has 1 aliphatic heterocycles. The minimum atomic E-state index is -1.60. The molecule has 202 valence electrons. The van der Waals surface area contributed by atoms with E-state index >= 15 is 0 Å². The molecule has 0 bridgehead atoms. The van der Waals surface area contributed by atoms with E-state index in [0.717, 1.165) is 45.1 Å². The summed E-state index contributed by atoms with van der Waals surface area (Å²) in [4.78, 5) is 40.2. The Bertz CT molecular complexity index is 952. The fraction of sp³-hybridized carbons (Fsp3) is 0.821. The van der Waals surface area contributed by atoms with Gasteiger partial charge in [0.2, 0.25) is 5.78 Å². The zero-order valence-corrected chi connectivity index (χ0v) is 22.6. The SMILES string of the molecule is CN1CCCC(C(=O)OCC(=O)C2(O)CCC3C4CCC5=CC(=O)CCC5(C)C4C(O)CC32C)C1.[Cl-]. The zero-order valence-electron chi connectivity index (χ0n) is 21.8. The van der Waals surface area contributed by atoms with Gasteiger partial charge >= 0.3 is 5.97 Å². The number of rotatable bonds is 4. The molecule has 8 heteroatoms. The van der Waals surface area contributed by atoms with E-state index < -0.39 is 29.5 Å². The largest absolute Gasteiger partial charge is 1.00 e. The van der Waals surface area contributed by atoms with Crippen molar-refractivity contribution in [1.29, 1.82) is 0 Å². The number of likely N-dealkylation sites (tertiary alicyclic amines) is 1. The van der Waals surface area contributed by atoms with Crippen LogP contribution in [0.1, 0.15) is 71.6 Å². The van der Waals surface area contributed by atoms with Gasteiger partial charge in [0.15, 0.2) is 12.4 Å². The smallest absolute Gasteiger partial charge is 0.310 e. The van der Waals surface area contributed by atoms with Crippen molar-refractivity contribution in [2.45, 2.75) is 83.3 Å². The van der Waals surface area contributed by atoms with Crippen molar-refractivity contribution in [3.63, 3.8) is 0 Å². The van der Waals surface area contributed by atoms with E-state index in [0.29, 0.717) is 25.8 Å². The average Bonchev–Trinajstić information content (AvgIpc) is 3.08. The van der Waals surface area contributed by atoms with Gasteiger partial charge in [-0.25, -0.2) is 0 Å². The van der Waals surface area contributed by atoms with Crippen molar-refractivity contribution >= 4 is 17.5 Å². The Morgan fingerprint density at radius 1 is 1.17 bits per heavy atom. The molecule has 3 saturated carbocycles. The van der Waals surface area contributed by atoms with Crippen molar-refractivity contribution in [3.05, 3.63) is 11.6 Å².